The molecular weight excluding hydrogens is 278 g/mol. The van der Waals surface area contributed by atoms with Gasteiger partial charge in [-0.2, -0.15) is 5.26 Å². The fourth-order valence-corrected chi connectivity index (χ4v) is 6.22. The Morgan fingerprint density at radius 2 is 1.30 bits per heavy atom. The Morgan fingerprint density at radius 3 is 1.87 bits per heavy atom. The standard InChI is InChI=1S/C22H37N/c1-2-4-17-7-9-19(10-8-17)20-11-13-21(14-12-20)22-6-3-5-18(15-22)16-23/h17-22H,2-15H2,1H3/t17-,18?,19-,20?,21?,22?. The molecule has 0 spiro atoms. The van der Waals surface area contributed by atoms with Crippen LogP contribution in [-0.2, 0) is 0 Å². The molecule has 3 aliphatic rings. The van der Waals surface area contributed by atoms with Gasteiger partial charge in [0.15, 0.2) is 0 Å². The van der Waals surface area contributed by atoms with Crippen molar-refractivity contribution in [3.05, 3.63) is 0 Å². The van der Waals surface area contributed by atoms with E-state index in [1.165, 1.54) is 89.9 Å². The zero-order valence-corrected chi connectivity index (χ0v) is 15.3. The summed E-state index contributed by atoms with van der Waals surface area (Å²) in [6.07, 6.45) is 20.0. The molecule has 23 heavy (non-hydrogen) atoms. The number of nitrogens with zero attached hydrogens (tertiary/aromatic N) is 1. The maximum absolute atomic E-state index is 9.23. The third-order valence-electron chi connectivity index (χ3n) is 7.64. The van der Waals surface area contributed by atoms with Crippen LogP contribution in [-0.4, -0.2) is 0 Å². The molecule has 2 unspecified atom stereocenters. The summed E-state index contributed by atoms with van der Waals surface area (Å²) in [5, 5.41) is 9.23. The summed E-state index contributed by atoms with van der Waals surface area (Å²) in [6.45, 7) is 2.34. The number of hydrogen-bond acceptors (Lipinski definition) is 1. The monoisotopic (exact) mass is 315 g/mol. The second kappa shape index (κ2) is 8.55. The van der Waals surface area contributed by atoms with Crippen molar-refractivity contribution >= 4 is 0 Å². The van der Waals surface area contributed by atoms with Crippen LogP contribution in [0.4, 0.5) is 0 Å². The lowest BCUT2D eigenvalue weighted by atomic mass is 9.64. The zero-order valence-electron chi connectivity index (χ0n) is 15.3. The lowest BCUT2D eigenvalue weighted by molar-refractivity contribution is 0.106. The molecule has 0 aromatic heterocycles. The van der Waals surface area contributed by atoms with Crippen molar-refractivity contribution in [3.8, 4) is 6.07 Å². The lowest BCUT2D eigenvalue weighted by Crippen LogP contribution is -2.30. The first-order valence-electron chi connectivity index (χ1n) is 10.7. The van der Waals surface area contributed by atoms with Crippen molar-refractivity contribution in [1.82, 2.24) is 0 Å². The van der Waals surface area contributed by atoms with Crippen LogP contribution in [0.1, 0.15) is 96.8 Å². The fraction of sp³-hybridized carbons (Fsp3) is 0.955. The van der Waals surface area contributed by atoms with Crippen LogP contribution in [0.5, 0.6) is 0 Å². The van der Waals surface area contributed by atoms with Gasteiger partial charge < -0.3 is 0 Å². The van der Waals surface area contributed by atoms with Gasteiger partial charge >= 0.3 is 0 Å². The van der Waals surface area contributed by atoms with Crippen molar-refractivity contribution in [3.63, 3.8) is 0 Å². The quantitative estimate of drug-likeness (QED) is 0.564. The van der Waals surface area contributed by atoms with Crippen LogP contribution >= 0.6 is 0 Å². The smallest absolute Gasteiger partial charge is 0.0655 e. The third-order valence-corrected chi connectivity index (χ3v) is 7.64. The summed E-state index contributed by atoms with van der Waals surface area (Å²) in [5.41, 5.74) is 0. The van der Waals surface area contributed by atoms with Crippen molar-refractivity contribution in [2.75, 3.05) is 0 Å². The lowest BCUT2D eigenvalue weighted by Gasteiger charge is -2.41. The van der Waals surface area contributed by atoms with Crippen LogP contribution in [0.2, 0.25) is 0 Å². The highest BCUT2D eigenvalue weighted by Crippen LogP contribution is 2.46. The normalized spacial score (nSPS) is 42.1. The van der Waals surface area contributed by atoms with E-state index in [9.17, 15) is 5.26 Å². The van der Waals surface area contributed by atoms with Gasteiger partial charge in [-0.15, -0.1) is 0 Å². The number of hydrogen-bond donors (Lipinski definition) is 0. The first-order valence-corrected chi connectivity index (χ1v) is 10.7. The average molecular weight is 316 g/mol. The van der Waals surface area contributed by atoms with E-state index in [4.69, 9.17) is 0 Å². The molecule has 0 saturated heterocycles. The molecule has 0 N–H and O–H groups in total. The van der Waals surface area contributed by atoms with Crippen molar-refractivity contribution in [1.29, 1.82) is 5.26 Å². The van der Waals surface area contributed by atoms with E-state index in [-0.39, 0.29) is 0 Å². The fourth-order valence-electron chi connectivity index (χ4n) is 6.22. The van der Waals surface area contributed by atoms with Crippen LogP contribution < -0.4 is 0 Å². The molecule has 0 aliphatic heterocycles. The van der Waals surface area contributed by atoms with Gasteiger partial charge in [0.2, 0.25) is 0 Å². The number of nitriles is 1. The molecule has 130 valence electrons. The van der Waals surface area contributed by atoms with E-state index >= 15 is 0 Å². The van der Waals surface area contributed by atoms with Gasteiger partial charge in [-0.1, -0.05) is 45.4 Å². The largest absolute Gasteiger partial charge is 0.198 e. The molecule has 3 saturated carbocycles. The Balaban J connectivity index is 1.41. The molecule has 0 bridgehead atoms. The Bertz CT molecular complexity index is 379. The number of rotatable bonds is 4. The molecule has 3 aliphatic carbocycles. The first kappa shape index (κ1) is 17.3. The summed E-state index contributed by atoms with van der Waals surface area (Å²) in [6, 6.07) is 2.55. The minimum Gasteiger partial charge on any atom is -0.198 e. The van der Waals surface area contributed by atoms with E-state index in [1.807, 2.05) is 0 Å². The molecule has 0 amide bonds. The Labute approximate surface area is 144 Å². The van der Waals surface area contributed by atoms with Gasteiger partial charge in [-0.3, -0.25) is 0 Å². The Hall–Kier alpha value is -0.510. The summed E-state index contributed by atoms with van der Waals surface area (Å²) < 4.78 is 0. The predicted octanol–water partition coefficient (Wildman–Crippen LogP) is 6.73. The van der Waals surface area contributed by atoms with Gasteiger partial charge in [0.1, 0.15) is 0 Å². The molecule has 1 heteroatoms. The Kier molecular flexibility index (Phi) is 6.44. The van der Waals surface area contributed by atoms with E-state index in [2.05, 4.69) is 13.0 Å². The predicted molar refractivity (Wildman–Crippen MR) is 96.9 cm³/mol. The zero-order chi connectivity index (χ0) is 16.1. The van der Waals surface area contributed by atoms with E-state index in [0.29, 0.717) is 5.92 Å². The minimum absolute atomic E-state index is 0.375. The summed E-state index contributed by atoms with van der Waals surface area (Å²) >= 11 is 0. The van der Waals surface area contributed by atoms with E-state index < -0.39 is 0 Å². The molecule has 3 rings (SSSR count). The van der Waals surface area contributed by atoms with Crippen LogP contribution in [0.25, 0.3) is 0 Å². The SMILES string of the molecule is CCC[C@H]1CC[C@H](C2CCC(C3CCCC(C#N)C3)CC2)CC1. The van der Waals surface area contributed by atoms with Crippen molar-refractivity contribution in [2.24, 2.45) is 35.5 Å². The maximum atomic E-state index is 9.23. The van der Waals surface area contributed by atoms with E-state index in [0.717, 1.165) is 29.6 Å². The maximum Gasteiger partial charge on any atom is 0.0655 e. The highest BCUT2D eigenvalue weighted by Gasteiger charge is 2.34. The molecule has 3 fully saturated rings. The average Bonchev–Trinajstić information content (AvgIpc) is 2.63. The van der Waals surface area contributed by atoms with Gasteiger partial charge in [0, 0.05) is 5.92 Å². The van der Waals surface area contributed by atoms with Crippen molar-refractivity contribution < 1.29 is 0 Å². The topological polar surface area (TPSA) is 23.8 Å². The molecular formula is C22H37N. The van der Waals surface area contributed by atoms with Gasteiger partial charge in [-0.05, 0) is 81.0 Å². The second-order valence-electron chi connectivity index (χ2n) is 9.00. The van der Waals surface area contributed by atoms with Gasteiger partial charge in [0.25, 0.3) is 0 Å². The summed E-state index contributed by atoms with van der Waals surface area (Å²) in [7, 11) is 0. The molecule has 0 aromatic rings. The molecule has 0 radical (unpaired) electrons. The van der Waals surface area contributed by atoms with Gasteiger partial charge in [-0.25, -0.2) is 0 Å². The van der Waals surface area contributed by atoms with Crippen LogP contribution in [0.3, 0.4) is 0 Å². The highest BCUT2D eigenvalue weighted by molar-refractivity contribution is 4.91. The van der Waals surface area contributed by atoms with Gasteiger partial charge in [0.05, 0.1) is 6.07 Å². The summed E-state index contributed by atoms with van der Waals surface area (Å²) in [4.78, 5) is 0. The summed E-state index contributed by atoms with van der Waals surface area (Å²) in [5.74, 6) is 5.37. The van der Waals surface area contributed by atoms with Crippen LogP contribution in [0, 0.1) is 46.8 Å². The molecule has 0 heterocycles. The van der Waals surface area contributed by atoms with E-state index in [1.54, 1.807) is 0 Å². The highest BCUT2D eigenvalue weighted by atomic mass is 14.4. The second-order valence-corrected chi connectivity index (χ2v) is 9.00. The third kappa shape index (κ3) is 4.52. The Morgan fingerprint density at radius 1 is 0.739 bits per heavy atom. The first-order chi connectivity index (χ1) is 11.3. The van der Waals surface area contributed by atoms with Crippen LogP contribution in [0.15, 0.2) is 0 Å². The minimum atomic E-state index is 0.375. The molecule has 0 aromatic carbocycles. The molecule has 1 nitrogen and oxygen atoms in total. The molecule has 2 atom stereocenters. The van der Waals surface area contributed by atoms with Crippen molar-refractivity contribution in [2.45, 2.75) is 96.8 Å².